The summed E-state index contributed by atoms with van der Waals surface area (Å²) in [5, 5.41) is 9.45. The van der Waals surface area contributed by atoms with E-state index in [0.717, 1.165) is 6.42 Å². The van der Waals surface area contributed by atoms with Crippen molar-refractivity contribution in [3.8, 4) is 0 Å². The molecule has 0 aliphatic carbocycles. The summed E-state index contributed by atoms with van der Waals surface area (Å²) >= 11 is 0. The molecule has 3 N–H and O–H groups in total. The van der Waals surface area contributed by atoms with Gasteiger partial charge in [0.25, 0.3) is 0 Å². The van der Waals surface area contributed by atoms with Crippen molar-refractivity contribution >= 4 is 5.91 Å². The molecule has 0 fully saturated rings. The molecule has 0 heterocycles. The first-order valence-electron chi connectivity index (χ1n) is 5.18. The lowest BCUT2D eigenvalue weighted by molar-refractivity contribution is -0.135. The average molecular weight is 218 g/mol. The van der Waals surface area contributed by atoms with Gasteiger partial charge in [-0.2, -0.15) is 0 Å². The highest BCUT2D eigenvalue weighted by Gasteiger charge is 2.20. The first kappa shape index (κ1) is 14.3. The zero-order valence-electron chi connectivity index (χ0n) is 9.77. The molecule has 15 heavy (non-hydrogen) atoms. The van der Waals surface area contributed by atoms with Gasteiger partial charge in [0.1, 0.15) is 0 Å². The Morgan fingerprint density at radius 1 is 1.60 bits per heavy atom. The normalized spacial score (nSPS) is 14.7. The molecular formula is C10H22N2O3. The van der Waals surface area contributed by atoms with Crippen molar-refractivity contribution in [2.45, 2.75) is 19.4 Å². The van der Waals surface area contributed by atoms with Gasteiger partial charge in [-0.05, 0) is 6.42 Å². The van der Waals surface area contributed by atoms with Crippen LogP contribution in [-0.2, 0) is 9.53 Å². The Morgan fingerprint density at radius 3 is 2.60 bits per heavy atom. The van der Waals surface area contributed by atoms with Crippen LogP contribution in [0.5, 0.6) is 0 Å². The smallest absolute Gasteiger partial charge is 0.226 e. The quantitative estimate of drug-likeness (QED) is 0.600. The number of carbonyl (C=O) groups is 1. The highest BCUT2D eigenvalue weighted by Crippen LogP contribution is 2.05. The van der Waals surface area contributed by atoms with E-state index in [0.29, 0.717) is 6.54 Å². The molecule has 1 amide bonds. The largest absolute Gasteiger partial charge is 0.389 e. The highest BCUT2D eigenvalue weighted by molar-refractivity contribution is 5.78. The van der Waals surface area contributed by atoms with Crippen LogP contribution in [0.25, 0.3) is 0 Å². The van der Waals surface area contributed by atoms with Crippen molar-refractivity contribution in [1.82, 2.24) is 4.90 Å². The van der Waals surface area contributed by atoms with Gasteiger partial charge in [-0.25, -0.2) is 0 Å². The Bertz CT molecular complexity index is 184. The van der Waals surface area contributed by atoms with E-state index in [4.69, 9.17) is 10.5 Å². The van der Waals surface area contributed by atoms with Crippen LogP contribution in [0.3, 0.4) is 0 Å². The predicted octanol–water partition coefficient (Wildman–Crippen LogP) is -0.563. The van der Waals surface area contributed by atoms with Gasteiger partial charge in [0.05, 0.1) is 18.6 Å². The molecule has 0 radical (unpaired) electrons. The van der Waals surface area contributed by atoms with Gasteiger partial charge in [0, 0.05) is 27.2 Å². The molecule has 0 aromatic carbocycles. The van der Waals surface area contributed by atoms with E-state index in [-0.39, 0.29) is 25.0 Å². The number of carbonyl (C=O) groups excluding carboxylic acids is 1. The van der Waals surface area contributed by atoms with Crippen molar-refractivity contribution in [2.24, 2.45) is 11.7 Å². The Labute approximate surface area is 91.2 Å². The molecule has 0 aliphatic rings. The maximum Gasteiger partial charge on any atom is 0.226 e. The maximum absolute atomic E-state index is 11.7. The van der Waals surface area contributed by atoms with Gasteiger partial charge in [0.15, 0.2) is 0 Å². The molecule has 0 saturated heterocycles. The number of ether oxygens (including phenoxy) is 1. The number of likely N-dealkylation sites (N-methyl/N-ethyl adjacent to an activating group) is 1. The second-order valence-corrected chi connectivity index (χ2v) is 3.67. The van der Waals surface area contributed by atoms with Crippen LogP contribution in [0.1, 0.15) is 13.3 Å². The first-order chi connectivity index (χ1) is 7.06. The van der Waals surface area contributed by atoms with E-state index >= 15 is 0 Å². The van der Waals surface area contributed by atoms with E-state index in [9.17, 15) is 9.90 Å². The molecule has 0 spiro atoms. The standard InChI is InChI=1S/C10H22N2O3/c1-4-8(5-11)10(14)12(2)6-9(13)7-15-3/h8-9,13H,4-7,11H2,1-3H3. The number of methoxy groups -OCH3 is 1. The second-order valence-electron chi connectivity index (χ2n) is 3.67. The van der Waals surface area contributed by atoms with Gasteiger partial charge in [0.2, 0.25) is 5.91 Å². The minimum Gasteiger partial charge on any atom is -0.389 e. The van der Waals surface area contributed by atoms with Gasteiger partial charge in [-0.1, -0.05) is 6.92 Å². The highest BCUT2D eigenvalue weighted by atomic mass is 16.5. The van der Waals surface area contributed by atoms with Crippen LogP contribution in [0.4, 0.5) is 0 Å². The van der Waals surface area contributed by atoms with Crippen molar-refractivity contribution in [3.63, 3.8) is 0 Å². The summed E-state index contributed by atoms with van der Waals surface area (Å²) in [6.07, 6.45) is 0.0827. The van der Waals surface area contributed by atoms with Crippen molar-refractivity contribution in [1.29, 1.82) is 0 Å². The summed E-state index contributed by atoms with van der Waals surface area (Å²) in [5.41, 5.74) is 5.48. The Balaban J connectivity index is 4.07. The number of aliphatic hydroxyl groups excluding tert-OH is 1. The Kier molecular flexibility index (Phi) is 7.29. The lowest BCUT2D eigenvalue weighted by atomic mass is 10.1. The molecule has 0 bridgehead atoms. The van der Waals surface area contributed by atoms with E-state index in [1.54, 1.807) is 7.05 Å². The molecule has 90 valence electrons. The number of hydrogen-bond acceptors (Lipinski definition) is 4. The van der Waals surface area contributed by atoms with Crippen LogP contribution in [0, 0.1) is 5.92 Å². The molecule has 0 rings (SSSR count). The molecule has 5 nitrogen and oxygen atoms in total. The third-order valence-corrected chi connectivity index (χ3v) is 2.35. The summed E-state index contributed by atoms with van der Waals surface area (Å²) in [7, 11) is 3.18. The maximum atomic E-state index is 11.7. The average Bonchev–Trinajstić information content (AvgIpc) is 2.19. The monoisotopic (exact) mass is 218 g/mol. The number of nitrogens with two attached hydrogens (primary N) is 1. The van der Waals surface area contributed by atoms with Crippen molar-refractivity contribution in [2.75, 3.05) is 33.9 Å². The van der Waals surface area contributed by atoms with E-state index in [1.807, 2.05) is 6.92 Å². The second kappa shape index (κ2) is 7.62. The minimum absolute atomic E-state index is 0.0184. The summed E-state index contributed by atoms with van der Waals surface area (Å²) < 4.78 is 4.78. The third-order valence-electron chi connectivity index (χ3n) is 2.35. The zero-order valence-corrected chi connectivity index (χ0v) is 9.77. The van der Waals surface area contributed by atoms with Crippen molar-refractivity contribution < 1.29 is 14.6 Å². The van der Waals surface area contributed by atoms with Crippen LogP contribution in [0.2, 0.25) is 0 Å². The minimum atomic E-state index is -0.640. The van der Waals surface area contributed by atoms with Crippen LogP contribution in [-0.4, -0.2) is 55.9 Å². The molecule has 0 aromatic heterocycles. The number of hydrogen-bond donors (Lipinski definition) is 2. The molecule has 2 unspecified atom stereocenters. The summed E-state index contributed by atoms with van der Waals surface area (Å²) in [4.78, 5) is 13.2. The Morgan fingerprint density at radius 2 is 2.20 bits per heavy atom. The van der Waals surface area contributed by atoms with E-state index in [1.165, 1.54) is 12.0 Å². The SMILES string of the molecule is CCC(CN)C(=O)N(C)CC(O)COC. The third kappa shape index (κ3) is 5.11. The zero-order chi connectivity index (χ0) is 11.8. The number of amides is 1. The fourth-order valence-corrected chi connectivity index (χ4v) is 1.40. The number of aliphatic hydroxyl groups is 1. The van der Waals surface area contributed by atoms with E-state index in [2.05, 4.69) is 0 Å². The Hall–Kier alpha value is -0.650. The molecular weight excluding hydrogens is 196 g/mol. The summed E-state index contributed by atoms with van der Waals surface area (Å²) in [6, 6.07) is 0. The molecule has 0 aromatic rings. The van der Waals surface area contributed by atoms with Crippen molar-refractivity contribution in [3.05, 3.63) is 0 Å². The topological polar surface area (TPSA) is 75.8 Å². The molecule has 0 saturated carbocycles. The number of nitrogens with zero attached hydrogens (tertiary/aromatic N) is 1. The molecule has 5 heteroatoms. The first-order valence-corrected chi connectivity index (χ1v) is 5.18. The summed E-state index contributed by atoms with van der Waals surface area (Å²) in [5.74, 6) is -0.167. The lowest BCUT2D eigenvalue weighted by Gasteiger charge is -2.24. The van der Waals surface area contributed by atoms with Crippen LogP contribution < -0.4 is 5.73 Å². The fourth-order valence-electron chi connectivity index (χ4n) is 1.40. The van der Waals surface area contributed by atoms with Gasteiger partial charge in [-0.3, -0.25) is 4.79 Å². The lowest BCUT2D eigenvalue weighted by Crippen LogP contribution is -2.41. The predicted molar refractivity (Wildman–Crippen MR) is 58.4 cm³/mol. The van der Waals surface area contributed by atoms with Gasteiger partial charge >= 0.3 is 0 Å². The fraction of sp³-hybridized carbons (Fsp3) is 0.900. The van der Waals surface area contributed by atoms with Gasteiger partial charge < -0.3 is 20.5 Å². The van der Waals surface area contributed by atoms with Gasteiger partial charge in [-0.15, -0.1) is 0 Å². The van der Waals surface area contributed by atoms with Crippen LogP contribution >= 0.6 is 0 Å². The molecule has 0 aliphatic heterocycles. The van der Waals surface area contributed by atoms with E-state index < -0.39 is 6.10 Å². The summed E-state index contributed by atoms with van der Waals surface area (Å²) in [6.45, 7) is 2.79. The van der Waals surface area contributed by atoms with Crippen LogP contribution in [0.15, 0.2) is 0 Å². The molecule has 2 atom stereocenters. The number of rotatable bonds is 7.